The number of thioether (sulfide) groups is 1. The molecule has 1 heterocycles. The Balaban J connectivity index is 1.84. The molecule has 0 aromatic carbocycles. The van der Waals surface area contributed by atoms with Gasteiger partial charge in [0.1, 0.15) is 6.04 Å². The fraction of sp³-hybridized carbons (Fsp3) is 0.545. The van der Waals surface area contributed by atoms with E-state index in [0.29, 0.717) is 4.75 Å². The average molecular weight is 256 g/mol. The van der Waals surface area contributed by atoms with Gasteiger partial charge < -0.3 is 11.1 Å². The predicted molar refractivity (Wildman–Crippen MR) is 69.7 cm³/mol. The van der Waals surface area contributed by atoms with E-state index in [1.807, 2.05) is 29.3 Å². The lowest BCUT2D eigenvalue weighted by molar-refractivity contribution is -0.122. The second kappa shape index (κ2) is 4.77. The molecule has 3 N–H and O–H groups in total. The Morgan fingerprint density at radius 1 is 1.75 bits per heavy atom. The van der Waals surface area contributed by atoms with E-state index in [-0.39, 0.29) is 5.91 Å². The summed E-state index contributed by atoms with van der Waals surface area (Å²) in [6.45, 7) is 0.742. The number of amides is 1. The molecule has 1 amide bonds. The summed E-state index contributed by atoms with van der Waals surface area (Å²) in [4.78, 5) is 12.7. The Morgan fingerprint density at radius 3 is 3.00 bits per heavy atom. The molecule has 0 bridgehead atoms. The number of hydrogen-bond donors (Lipinski definition) is 2. The molecule has 1 aromatic heterocycles. The quantitative estimate of drug-likeness (QED) is 0.844. The maximum Gasteiger partial charge on any atom is 0.242 e. The molecule has 88 valence electrons. The van der Waals surface area contributed by atoms with Crippen molar-refractivity contribution >= 4 is 29.0 Å². The molecule has 2 rings (SSSR count). The molecule has 1 fully saturated rings. The number of nitrogens with one attached hydrogen (secondary N) is 1. The largest absolute Gasteiger partial charge is 0.353 e. The molecule has 1 unspecified atom stereocenters. The van der Waals surface area contributed by atoms with Crippen molar-refractivity contribution in [3.8, 4) is 0 Å². The van der Waals surface area contributed by atoms with Gasteiger partial charge in [-0.15, -0.1) is 11.3 Å². The van der Waals surface area contributed by atoms with Crippen LogP contribution in [0.2, 0.25) is 0 Å². The minimum absolute atomic E-state index is 0.0669. The minimum Gasteiger partial charge on any atom is -0.353 e. The predicted octanol–water partition coefficient (Wildman–Crippen LogP) is 1.76. The highest BCUT2D eigenvalue weighted by Gasteiger charge is 2.42. The van der Waals surface area contributed by atoms with Crippen LogP contribution in [0.1, 0.15) is 23.8 Å². The summed E-state index contributed by atoms with van der Waals surface area (Å²) >= 11 is 3.36. The number of thiophene rings is 1. The van der Waals surface area contributed by atoms with Crippen molar-refractivity contribution in [2.24, 2.45) is 5.73 Å². The van der Waals surface area contributed by atoms with E-state index in [2.05, 4.69) is 11.6 Å². The lowest BCUT2D eigenvalue weighted by Gasteiger charge is -2.15. The number of carbonyl (C=O) groups excluding carboxylic acids is 1. The van der Waals surface area contributed by atoms with Gasteiger partial charge in [-0.1, -0.05) is 6.07 Å². The lowest BCUT2D eigenvalue weighted by atomic mass is 10.2. The molecule has 16 heavy (non-hydrogen) atoms. The standard InChI is InChI=1S/C11H16N2OS2/c1-15-11(4-5-11)7-13-10(14)9(12)8-3-2-6-16-8/h2-3,6,9H,4-5,7,12H2,1H3,(H,13,14). The van der Waals surface area contributed by atoms with Gasteiger partial charge in [-0.05, 0) is 30.5 Å². The number of hydrogen-bond acceptors (Lipinski definition) is 4. The average Bonchev–Trinajstić information content (AvgIpc) is 2.88. The smallest absolute Gasteiger partial charge is 0.242 e. The minimum atomic E-state index is -0.516. The highest BCUT2D eigenvalue weighted by molar-refractivity contribution is 8.00. The molecule has 0 radical (unpaired) electrons. The van der Waals surface area contributed by atoms with Gasteiger partial charge in [0, 0.05) is 16.2 Å². The van der Waals surface area contributed by atoms with Gasteiger partial charge in [-0.25, -0.2) is 0 Å². The first kappa shape index (κ1) is 12.0. The fourth-order valence-electron chi connectivity index (χ4n) is 1.55. The van der Waals surface area contributed by atoms with Crippen LogP contribution >= 0.6 is 23.1 Å². The van der Waals surface area contributed by atoms with Gasteiger partial charge in [-0.3, -0.25) is 4.79 Å². The zero-order valence-corrected chi connectivity index (χ0v) is 10.9. The summed E-state index contributed by atoms with van der Waals surface area (Å²) < 4.78 is 0.296. The summed E-state index contributed by atoms with van der Waals surface area (Å²) in [5.41, 5.74) is 5.87. The molecule has 0 saturated heterocycles. The number of carbonyl (C=O) groups is 1. The molecule has 1 saturated carbocycles. The Hall–Kier alpha value is -0.520. The van der Waals surface area contributed by atoms with Gasteiger partial charge >= 0.3 is 0 Å². The van der Waals surface area contributed by atoms with Crippen molar-refractivity contribution in [3.63, 3.8) is 0 Å². The first-order valence-corrected chi connectivity index (χ1v) is 7.39. The second-order valence-electron chi connectivity index (χ2n) is 4.10. The van der Waals surface area contributed by atoms with E-state index in [4.69, 9.17) is 5.73 Å². The topological polar surface area (TPSA) is 55.1 Å². The van der Waals surface area contributed by atoms with Crippen LogP contribution in [-0.2, 0) is 4.79 Å². The summed E-state index contributed by atoms with van der Waals surface area (Å²) in [6, 6.07) is 3.30. The van der Waals surface area contributed by atoms with Crippen molar-refractivity contribution < 1.29 is 4.79 Å². The first-order chi connectivity index (χ1) is 7.67. The Morgan fingerprint density at radius 2 is 2.50 bits per heavy atom. The van der Waals surface area contributed by atoms with Crippen LogP contribution in [0, 0.1) is 0 Å². The van der Waals surface area contributed by atoms with E-state index in [1.54, 1.807) is 0 Å². The van der Waals surface area contributed by atoms with Crippen molar-refractivity contribution in [3.05, 3.63) is 22.4 Å². The Kier molecular flexibility index (Phi) is 3.56. The maximum absolute atomic E-state index is 11.8. The molecular weight excluding hydrogens is 240 g/mol. The van der Waals surface area contributed by atoms with Crippen molar-refractivity contribution in [2.75, 3.05) is 12.8 Å². The molecule has 0 aliphatic heterocycles. The highest BCUT2D eigenvalue weighted by Crippen LogP contribution is 2.46. The zero-order valence-electron chi connectivity index (χ0n) is 9.23. The molecule has 1 aliphatic carbocycles. The maximum atomic E-state index is 11.8. The Bertz CT molecular complexity index is 360. The second-order valence-corrected chi connectivity index (χ2v) is 6.35. The summed E-state index contributed by atoms with van der Waals surface area (Å²) in [5.74, 6) is -0.0669. The van der Waals surface area contributed by atoms with Crippen LogP contribution < -0.4 is 11.1 Å². The summed E-state index contributed by atoms with van der Waals surface area (Å²) in [6.07, 6.45) is 4.49. The third-order valence-electron chi connectivity index (χ3n) is 2.96. The van der Waals surface area contributed by atoms with Gasteiger partial charge in [-0.2, -0.15) is 11.8 Å². The lowest BCUT2D eigenvalue weighted by Crippen LogP contribution is -2.38. The van der Waals surface area contributed by atoms with Gasteiger partial charge in [0.2, 0.25) is 5.91 Å². The highest BCUT2D eigenvalue weighted by atomic mass is 32.2. The molecule has 3 nitrogen and oxygen atoms in total. The summed E-state index contributed by atoms with van der Waals surface area (Å²) in [5, 5.41) is 4.88. The molecule has 0 spiro atoms. The van der Waals surface area contributed by atoms with Gasteiger partial charge in [0.15, 0.2) is 0 Å². The van der Waals surface area contributed by atoms with Crippen molar-refractivity contribution in [1.29, 1.82) is 0 Å². The van der Waals surface area contributed by atoms with Crippen LogP contribution in [0.25, 0.3) is 0 Å². The van der Waals surface area contributed by atoms with Crippen LogP contribution in [-0.4, -0.2) is 23.5 Å². The van der Waals surface area contributed by atoms with E-state index >= 15 is 0 Å². The van der Waals surface area contributed by atoms with E-state index in [0.717, 1.165) is 11.4 Å². The van der Waals surface area contributed by atoms with E-state index in [1.165, 1.54) is 24.2 Å². The number of nitrogens with two attached hydrogens (primary N) is 1. The van der Waals surface area contributed by atoms with Crippen LogP contribution in [0.5, 0.6) is 0 Å². The van der Waals surface area contributed by atoms with E-state index < -0.39 is 6.04 Å². The molecule has 1 aromatic rings. The van der Waals surface area contributed by atoms with Crippen LogP contribution in [0.15, 0.2) is 17.5 Å². The monoisotopic (exact) mass is 256 g/mol. The van der Waals surface area contributed by atoms with E-state index in [9.17, 15) is 4.79 Å². The van der Waals surface area contributed by atoms with Crippen molar-refractivity contribution in [1.82, 2.24) is 5.32 Å². The SMILES string of the molecule is CSC1(CNC(=O)C(N)c2cccs2)CC1. The molecule has 1 atom stereocenters. The number of rotatable bonds is 5. The van der Waals surface area contributed by atoms with Gasteiger partial charge in [0.25, 0.3) is 0 Å². The first-order valence-electron chi connectivity index (χ1n) is 5.29. The van der Waals surface area contributed by atoms with Crippen molar-refractivity contribution in [2.45, 2.75) is 23.6 Å². The molecular formula is C11H16N2OS2. The molecule has 1 aliphatic rings. The Labute approximate surface area is 104 Å². The van der Waals surface area contributed by atoms with Gasteiger partial charge in [0.05, 0.1) is 0 Å². The van der Waals surface area contributed by atoms with Crippen LogP contribution in [0.3, 0.4) is 0 Å². The summed E-state index contributed by atoms with van der Waals surface area (Å²) in [7, 11) is 0. The molecule has 5 heteroatoms. The normalized spacial score (nSPS) is 19.1. The fourth-order valence-corrected chi connectivity index (χ4v) is 3.00. The van der Waals surface area contributed by atoms with Crippen LogP contribution in [0.4, 0.5) is 0 Å². The third-order valence-corrected chi connectivity index (χ3v) is 5.33. The zero-order chi connectivity index (χ0) is 11.6. The third kappa shape index (κ3) is 2.59.